The van der Waals surface area contributed by atoms with E-state index in [-0.39, 0.29) is 5.75 Å². The zero-order valence-corrected chi connectivity index (χ0v) is 10.5. The molecule has 0 fully saturated rings. The molecule has 0 atom stereocenters. The van der Waals surface area contributed by atoms with Gasteiger partial charge < -0.3 is 9.84 Å². The van der Waals surface area contributed by atoms with Gasteiger partial charge in [-0.15, -0.1) is 6.58 Å². The van der Waals surface area contributed by atoms with Gasteiger partial charge in [0.05, 0.1) is 5.75 Å². The number of esters is 2. The molecule has 0 radical (unpaired) electrons. The Bertz CT molecular complexity index is 470. The number of carbonyl (C=O) groups excluding carboxylic acids is 2. The highest BCUT2D eigenvalue weighted by Gasteiger charge is 2.10. The fourth-order valence-corrected chi connectivity index (χ4v) is 0.750. The van der Waals surface area contributed by atoms with Gasteiger partial charge in [-0.05, 0) is 0 Å². The number of cyclic esters (lactones) is 2. The van der Waals surface area contributed by atoms with E-state index in [9.17, 15) is 22.8 Å². The van der Waals surface area contributed by atoms with Gasteiger partial charge in [-0.2, -0.15) is 8.42 Å². The monoisotopic (exact) mass is 292 g/mol. The number of carboxylic acid groups (broad SMARTS) is 1. The lowest BCUT2D eigenvalue weighted by Crippen LogP contribution is -1.99. The summed E-state index contributed by atoms with van der Waals surface area (Å²) < 4.78 is 31.3. The maximum Gasteiger partial charge on any atom is 0.338 e. The predicted octanol–water partition coefficient (Wildman–Crippen LogP) is -0.0568. The Morgan fingerprint density at radius 1 is 1.26 bits per heavy atom. The highest BCUT2D eigenvalue weighted by molar-refractivity contribution is 7.85. The maximum atomic E-state index is 9.92. The molecule has 106 valence electrons. The molecular formula is C10H12O8S. The van der Waals surface area contributed by atoms with E-state index in [2.05, 4.69) is 17.9 Å². The lowest BCUT2D eigenvalue weighted by Gasteiger charge is -1.82. The van der Waals surface area contributed by atoms with Crippen LogP contribution in [0.15, 0.2) is 37.5 Å². The third kappa shape index (κ3) is 18.3. The van der Waals surface area contributed by atoms with E-state index in [0.29, 0.717) is 0 Å². The minimum absolute atomic E-state index is 0.368. The third-order valence-electron chi connectivity index (χ3n) is 1.06. The van der Waals surface area contributed by atoms with Crippen LogP contribution in [0.5, 0.6) is 0 Å². The summed E-state index contributed by atoms with van der Waals surface area (Å²) in [5, 5.41) is 7.60. The first-order valence-corrected chi connectivity index (χ1v) is 6.08. The van der Waals surface area contributed by atoms with Crippen LogP contribution in [-0.2, 0) is 29.2 Å². The van der Waals surface area contributed by atoms with Crippen molar-refractivity contribution in [1.82, 2.24) is 0 Å². The van der Waals surface area contributed by atoms with Crippen molar-refractivity contribution in [2.45, 2.75) is 0 Å². The number of hydrogen-bond acceptors (Lipinski definition) is 6. The lowest BCUT2D eigenvalue weighted by molar-refractivity contribution is -0.150. The second-order valence-electron chi connectivity index (χ2n) is 2.65. The molecule has 0 aliphatic carbocycles. The molecule has 0 aromatic carbocycles. The van der Waals surface area contributed by atoms with Crippen LogP contribution in [0.3, 0.4) is 0 Å². The van der Waals surface area contributed by atoms with Crippen LogP contribution in [0, 0.1) is 0 Å². The molecule has 0 aromatic rings. The lowest BCUT2D eigenvalue weighted by atomic mass is 10.6. The topological polar surface area (TPSA) is 135 Å². The summed E-state index contributed by atoms with van der Waals surface area (Å²) in [5.74, 6) is -2.51. The van der Waals surface area contributed by atoms with E-state index in [0.717, 1.165) is 24.3 Å². The molecule has 8 nitrogen and oxygen atoms in total. The molecule has 9 heteroatoms. The van der Waals surface area contributed by atoms with Crippen molar-refractivity contribution in [3.05, 3.63) is 37.5 Å². The van der Waals surface area contributed by atoms with Gasteiger partial charge in [-0.3, -0.25) is 4.55 Å². The maximum absolute atomic E-state index is 9.92. The summed E-state index contributed by atoms with van der Waals surface area (Å²) in [6.07, 6.45) is 4.12. The molecule has 19 heavy (non-hydrogen) atoms. The third-order valence-corrected chi connectivity index (χ3v) is 1.72. The molecular weight excluding hydrogens is 280 g/mol. The van der Waals surface area contributed by atoms with Crippen LogP contribution in [0.25, 0.3) is 0 Å². The Balaban J connectivity index is 0. The van der Waals surface area contributed by atoms with Gasteiger partial charge in [0.25, 0.3) is 10.1 Å². The number of hydrogen-bond donors (Lipinski definition) is 2. The van der Waals surface area contributed by atoms with Crippen molar-refractivity contribution >= 4 is 28.0 Å². The average Bonchev–Trinajstić information content (AvgIpc) is 2.62. The van der Waals surface area contributed by atoms with E-state index in [1.165, 1.54) is 0 Å². The van der Waals surface area contributed by atoms with Crippen LogP contribution in [0.2, 0.25) is 0 Å². The normalized spacial score (nSPS) is 12.3. The molecule has 1 aliphatic rings. The van der Waals surface area contributed by atoms with Crippen molar-refractivity contribution in [1.29, 1.82) is 0 Å². The van der Waals surface area contributed by atoms with Crippen LogP contribution in [0.4, 0.5) is 0 Å². The van der Waals surface area contributed by atoms with Gasteiger partial charge in [0.15, 0.2) is 0 Å². The van der Waals surface area contributed by atoms with Crippen LogP contribution in [-0.4, -0.2) is 41.7 Å². The first-order valence-electron chi connectivity index (χ1n) is 4.47. The van der Waals surface area contributed by atoms with Gasteiger partial charge in [0, 0.05) is 18.2 Å². The molecule has 0 saturated carbocycles. The van der Waals surface area contributed by atoms with E-state index in [4.69, 9.17) is 9.66 Å². The van der Waals surface area contributed by atoms with E-state index in [1.54, 1.807) is 0 Å². The van der Waals surface area contributed by atoms with Gasteiger partial charge in [0.1, 0.15) is 0 Å². The summed E-state index contributed by atoms with van der Waals surface area (Å²) >= 11 is 0. The Morgan fingerprint density at radius 2 is 1.63 bits per heavy atom. The van der Waals surface area contributed by atoms with Crippen LogP contribution in [0.1, 0.15) is 0 Å². The van der Waals surface area contributed by atoms with Gasteiger partial charge >= 0.3 is 17.9 Å². The number of carboxylic acids is 1. The number of ether oxygens (including phenoxy) is 1. The van der Waals surface area contributed by atoms with E-state index >= 15 is 0 Å². The molecule has 0 saturated heterocycles. The zero-order valence-electron chi connectivity index (χ0n) is 9.68. The van der Waals surface area contributed by atoms with E-state index in [1.807, 2.05) is 0 Å². The first-order chi connectivity index (χ1) is 8.62. The van der Waals surface area contributed by atoms with Gasteiger partial charge in [0.2, 0.25) is 0 Å². The van der Waals surface area contributed by atoms with Crippen LogP contribution < -0.4 is 0 Å². The molecule has 0 bridgehead atoms. The molecule has 0 aromatic heterocycles. The standard InChI is InChI=1S/C4H2O3.C3H6O3S.C3H4O2/c5-3-1-2-4(6)7-3;1-2-3-7(4,5)6;1-2-3(4)5/h1-2H;2H,1,3H2,(H,4,5,6);2H,1H2,(H,4,5). The largest absolute Gasteiger partial charge is 0.478 e. The molecule has 0 amide bonds. The van der Waals surface area contributed by atoms with Crippen molar-refractivity contribution in [3.63, 3.8) is 0 Å². The molecule has 1 heterocycles. The van der Waals surface area contributed by atoms with Crippen molar-refractivity contribution in [2.24, 2.45) is 0 Å². The quantitative estimate of drug-likeness (QED) is 0.243. The Hall–Kier alpha value is -2.26. The van der Waals surface area contributed by atoms with Crippen molar-refractivity contribution < 1.29 is 37.2 Å². The first kappa shape index (κ1) is 19.1. The highest BCUT2D eigenvalue weighted by atomic mass is 32.2. The second-order valence-corrected chi connectivity index (χ2v) is 4.15. The molecule has 0 spiro atoms. The summed E-state index contributed by atoms with van der Waals surface area (Å²) in [6, 6.07) is 0. The minimum Gasteiger partial charge on any atom is -0.478 e. The number of rotatable bonds is 3. The molecule has 2 N–H and O–H groups in total. The average molecular weight is 292 g/mol. The fourth-order valence-electron chi connectivity index (χ4n) is 0.452. The summed E-state index contributed by atoms with van der Waals surface area (Å²) in [5.41, 5.74) is 0. The number of aliphatic carboxylic acids is 1. The van der Waals surface area contributed by atoms with Gasteiger partial charge in [-0.25, -0.2) is 14.4 Å². The fraction of sp³-hybridized carbons (Fsp3) is 0.100. The summed E-state index contributed by atoms with van der Waals surface area (Å²) in [7, 11) is -3.79. The molecule has 0 unspecified atom stereocenters. The Labute approximate surface area is 109 Å². The SMILES string of the molecule is C=CC(=O)O.C=CCS(=O)(=O)O.O=C1C=CC(=O)O1. The summed E-state index contributed by atoms with van der Waals surface area (Å²) in [6.45, 7) is 6.07. The molecule has 1 aliphatic heterocycles. The van der Waals surface area contributed by atoms with Crippen LogP contribution >= 0.6 is 0 Å². The van der Waals surface area contributed by atoms with E-state index < -0.39 is 28.0 Å². The highest BCUT2D eigenvalue weighted by Crippen LogP contribution is 1.92. The summed E-state index contributed by atoms with van der Waals surface area (Å²) in [4.78, 5) is 29.1. The Kier molecular flexibility index (Phi) is 9.78. The predicted molar refractivity (Wildman–Crippen MR) is 64.7 cm³/mol. The molecule has 1 rings (SSSR count). The smallest absolute Gasteiger partial charge is 0.338 e. The second kappa shape index (κ2) is 9.74. The zero-order chi connectivity index (χ0) is 15.5. The van der Waals surface area contributed by atoms with Crippen molar-refractivity contribution in [3.8, 4) is 0 Å². The van der Waals surface area contributed by atoms with Crippen molar-refractivity contribution in [2.75, 3.05) is 5.75 Å². The number of carbonyl (C=O) groups is 3. The Morgan fingerprint density at radius 3 is 1.68 bits per heavy atom. The minimum atomic E-state index is -3.79. The van der Waals surface area contributed by atoms with Gasteiger partial charge in [-0.1, -0.05) is 12.7 Å².